The molecule has 0 saturated heterocycles. The van der Waals surface area contributed by atoms with Crippen LogP contribution in [0.2, 0.25) is 0 Å². The highest BCUT2D eigenvalue weighted by molar-refractivity contribution is 8.00. The molecule has 2 N–H and O–H groups in total. The largest absolute Gasteiger partial charge is 0.335 e. The fourth-order valence-electron chi connectivity index (χ4n) is 4.92. The third kappa shape index (κ3) is 5.93. The summed E-state index contributed by atoms with van der Waals surface area (Å²) in [5, 5.41) is 14.6. The Kier molecular flexibility index (Phi) is 8.01. The van der Waals surface area contributed by atoms with Gasteiger partial charge in [0.15, 0.2) is 11.0 Å². The molecule has 2 heterocycles. The maximum absolute atomic E-state index is 12.8. The van der Waals surface area contributed by atoms with Crippen molar-refractivity contribution in [2.75, 3.05) is 0 Å². The fraction of sp³-hybridized carbons (Fsp3) is 0.625. The normalized spacial score (nSPS) is 22.5. The lowest BCUT2D eigenvalue weighted by Crippen LogP contribution is -2.47. The van der Waals surface area contributed by atoms with E-state index in [1.54, 1.807) is 19.3 Å². The second-order valence-electron chi connectivity index (χ2n) is 9.30. The van der Waals surface area contributed by atoms with E-state index in [-0.39, 0.29) is 18.0 Å². The Morgan fingerprint density at radius 2 is 1.85 bits per heavy atom. The minimum atomic E-state index is -0.481. The first-order valence-electron chi connectivity index (χ1n) is 12.2. The molecule has 0 spiro atoms. The highest BCUT2D eigenvalue weighted by atomic mass is 32.2. The number of aromatic nitrogens is 4. The zero-order chi connectivity index (χ0) is 23.2. The molecule has 178 valence electrons. The summed E-state index contributed by atoms with van der Waals surface area (Å²) in [7, 11) is 0. The number of urea groups is 1. The maximum atomic E-state index is 12.8. The molecule has 2 aromatic heterocycles. The lowest BCUT2D eigenvalue weighted by atomic mass is 9.85. The average Bonchev–Trinajstić information content (AvgIpc) is 3.23. The van der Waals surface area contributed by atoms with E-state index in [0.29, 0.717) is 11.1 Å². The molecule has 2 aliphatic rings. The van der Waals surface area contributed by atoms with E-state index in [2.05, 4.69) is 37.3 Å². The molecule has 2 aromatic rings. The number of carbonyl (C=O) groups is 2. The molecule has 0 unspecified atom stereocenters. The lowest BCUT2D eigenvalue weighted by molar-refractivity contribution is -0.119. The number of amides is 3. The topological polar surface area (TPSA) is 102 Å². The maximum Gasteiger partial charge on any atom is 0.321 e. The van der Waals surface area contributed by atoms with Crippen molar-refractivity contribution in [3.05, 3.63) is 24.5 Å². The van der Waals surface area contributed by atoms with Crippen molar-refractivity contribution < 1.29 is 9.59 Å². The van der Waals surface area contributed by atoms with Crippen LogP contribution in [0.4, 0.5) is 4.79 Å². The minimum absolute atomic E-state index is 0.160. The molecule has 33 heavy (non-hydrogen) atoms. The number of pyridine rings is 1. The fourth-order valence-corrected chi connectivity index (χ4v) is 5.83. The third-order valence-corrected chi connectivity index (χ3v) is 7.87. The summed E-state index contributed by atoms with van der Waals surface area (Å²) < 4.78 is 2.19. The second-order valence-corrected chi connectivity index (χ2v) is 10.6. The standard InChI is InChI=1S/C24H34N6O2S/c1-16-9-6-7-13-20(16)30-21(18-10-8-14-25-15-18)28-29-24(30)33-17(2)22(31)27-23(32)26-19-11-4-3-5-12-19/h8,10,14-17,19-20H,3-7,9,11-13H2,1-2H3,(H2,26,27,31,32)/t16-,17+,20-/m1/s1. The van der Waals surface area contributed by atoms with E-state index in [0.717, 1.165) is 49.9 Å². The first-order valence-corrected chi connectivity index (χ1v) is 13.0. The predicted octanol–water partition coefficient (Wildman–Crippen LogP) is 4.73. The zero-order valence-electron chi connectivity index (χ0n) is 19.5. The molecule has 0 aliphatic heterocycles. The number of nitrogens with zero attached hydrogens (tertiary/aromatic N) is 4. The first kappa shape index (κ1) is 23.7. The molecular formula is C24H34N6O2S. The number of hydrogen-bond donors (Lipinski definition) is 2. The van der Waals surface area contributed by atoms with Crippen LogP contribution in [-0.2, 0) is 4.79 Å². The van der Waals surface area contributed by atoms with Crippen molar-refractivity contribution in [1.29, 1.82) is 0 Å². The van der Waals surface area contributed by atoms with E-state index in [1.165, 1.54) is 31.0 Å². The Bertz CT molecular complexity index is 944. The van der Waals surface area contributed by atoms with Crippen LogP contribution in [0.25, 0.3) is 11.4 Å². The van der Waals surface area contributed by atoms with E-state index in [1.807, 2.05) is 12.1 Å². The number of nitrogens with one attached hydrogen (secondary N) is 2. The summed E-state index contributed by atoms with van der Waals surface area (Å²) in [5.41, 5.74) is 0.915. The van der Waals surface area contributed by atoms with Crippen LogP contribution in [0.15, 0.2) is 29.7 Å². The van der Waals surface area contributed by atoms with Gasteiger partial charge >= 0.3 is 6.03 Å². The summed E-state index contributed by atoms with van der Waals surface area (Å²) in [6.45, 7) is 4.08. The minimum Gasteiger partial charge on any atom is -0.335 e. The molecule has 0 aromatic carbocycles. The molecular weight excluding hydrogens is 436 g/mol. The van der Waals surface area contributed by atoms with Crippen LogP contribution < -0.4 is 10.6 Å². The van der Waals surface area contributed by atoms with Crippen LogP contribution in [0.5, 0.6) is 0 Å². The first-order chi connectivity index (χ1) is 16.0. The van der Waals surface area contributed by atoms with Crippen LogP contribution >= 0.6 is 11.8 Å². The van der Waals surface area contributed by atoms with Gasteiger partial charge in [-0.05, 0) is 50.7 Å². The molecule has 0 bridgehead atoms. The van der Waals surface area contributed by atoms with E-state index >= 15 is 0 Å². The van der Waals surface area contributed by atoms with Crippen LogP contribution in [-0.4, -0.2) is 43.0 Å². The van der Waals surface area contributed by atoms with E-state index in [4.69, 9.17) is 0 Å². The third-order valence-electron chi connectivity index (χ3n) is 6.81. The van der Waals surface area contributed by atoms with Crippen molar-refractivity contribution in [2.24, 2.45) is 5.92 Å². The van der Waals surface area contributed by atoms with Gasteiger partial charge in [-0.2, -0.15) is 0 Å². The van der Waals surface area contributed by atoms with Crippen molar-refractivity contribution >= 4 is 23.7 Å². The van der Waals surface area contributed by atoms with Crippen LogP contribution in [0.3, 0.4) is 0 Å². The number of thioether (sulfide) groups is 1. The Balaban J connectivity index is 1.48. The number of rotatable bonds is 6. The summed E-state index contributed by atoms with van der Waals surface area (Å²) in [6, 6.07) is 3.91. The van der Waals surface area contributed by atoms with Gasteiger partial charge in [0.2, 0.25) is 5.91 Å². The van der Waals surface area contributed by atoms with Crippen LogP contribution in [0, 0.1) is 5.92 Å². The summed E-state index contributed by atoms with van der Waals surface area (Å²) >= 11 is 1.35. The highest BCUT2D eigenvalue weighted by Crippen LogP contribution is 2.39. The summed E-state index contributed by atoms with van der Waals surface area (Å²) in [4.78, 5) is 29.3. The molecule has 3 atom stereocenters. The Hall–Kier alpha value is -2.42. The average molecular weight is 471 g/mol. The van der Waals surface area contributed by atoms with E-state index < -0.39 is 11.3 Å². The molecule has 9 heteroatoms. The Morgan fingerprint density at radius 3 is 2.58 bits per heavy atom. The van der Waals surface area contributed by atoms with Gasteiger partial charge in [-0.15, -0.1) is 10.2 Å². The second kappa shape index (κ2) is 11.1. The number of hydrogen-bond acceptors (Lipinski definition) is 6. The molecule has 8 nitrogen and oxygen atoms in total. The van der Waals surface area contributed by atoms with Crippen molar-refractivity contribution in [3.63, 3.8) is 0 Å². The van der Waals surface area contributed by atoms with Gasteiger partial charge < -0.3 is 5.32 Å². The molecule has 0 radical (unpaired) electrons. The molecule has 2 saturated carbocycles. The molecule has 3 amide bonds. The predicted molar refractivity (Wildman–Crippen MR) is 129 cm³/mol. The van der Waals surface area contributed by atoms with Gasteiger partial charge in [0.1, 0.15) is 0 Å². The monoisotopic (exact) mass is 470 g/mol. The van der Waals surface area contributed by atoms with Crippen molar-refractivity contribution in [2.45, 2.75) is 94.1 Å². The highest BCUT2D eigenvalue weighted by Gasteiger charge is 2.30. The van der Waals surface area contributed by atoms with Gasteiger partial charge in [-0.1, -0.05) is 50.8 Å². The van der Waals surface area contributed by atoms with Crippen LogP contribution in [0.1, 0.15) is 77.7 Å². The summed E-state index contributed by atoms with van der Waals surface area (Å²) in [5.74, 6) is 0.962. The van der Waals surface area contributed by atoms with Gasteiger partial charge in [-0.25, -0.2) is 4.79 Å². The van der Waals surface area contributed by atoms with Gasteiger partial charge in [0, 0.05) is 30.0 Å². The van der Waals surface area contributed by atoms with Gasteiger partial charge in [0.25, 0.3) is 0 Å². The van der Waals surface area contributed by atoms with Gasteiger partial charge in [0.05, 0.1) is 5.25 Å². The van der Waals surface area contributed by atoms with Gasteiger partial charge in [-0.3, -0.25) is 19.7 Å². The number of imide groups is 1. The molecule has 2 aliphatic carbocycles. The zero-order valence-corrected chi connectivity index (χ0v) is 20.3. The SMILES string of the molecule is C[C@H](Sc1nnc(-c2cccnc2)n1[C@@H]1CCCC[C@H]1C)C(=O)NC(=O)NC1CCCCC1. The van der Waals surface area contributed by atoms with Crippen molar-refractivity contribution in [1.82, 2.24) is 30.4 Å². The molecule has 2 fully saturated rings. The summed E-state index contributed by atoms with van der Waals surface area (Å²) in [6.07, 6.45) is 13.6. The molecule has 4 rings (SSSR count). The lowest BCUT2D eigenvalue weighted by Gasteiger charge is -2.31. The quantitative estimate of drug-likeness (QED) is 0.592. The Labute approximate surface area is 199 Å². The smallest absolute Gasteiger partial charge is 0.321 e. The number of carbonyl (C=O) groups excluding carboxylic acids is 2. The van der Waals surface area contributed by atoms with E-state index in [9.17, 15) is 9.59 Å². The van der Waals surface area contributed by atoms with Crippen molar-refractivity contribution in [3.8, 4) is 11.4 Å². The Morgan fingerprint density at radius 1 is 1.09 bits per heavy atom.